The minimum absolute atomic E-state index is 0. The minimum Gasteiger partial charge on any atom is -0.453 e. The smallest absolute Gasteiger partial charge is 0.410 e. The van der Waals surface area contributed by atoms with Crippen molar-refractivity contribution < 1.29 is 19.1 Å². The molecule has 9 nitrogen and oxygen atoms in total. The number of guanidine groups is 1. The molecule has 2 amide bonds. The molecule has 32 heavy (non-hydrogen) atoms. The number of carbonyl (C=O) groups excluding carboxylic acids is 2. The molecule has 2 aliphatic heterocycles. The number of rotatable bonds is 5. The Labute approximate surface area is 210 Å². The number of carbonyl (C=O) groups is 2. The first-order chi connectivity index (χ1) is 14.7. The van der Waals surface area contributed by atoms with E-state index in [1.807, 2.05) is 25.7 Å². The average Bonchev–Trinajstić information content (AvgIpc) is 2.73. The monoisotopic (exact) mass is 567 g/mol. The predicted octanol–water partition coefficient (Wildman–Crippen LogP) is 3.43. The second-order valence-electron chi connectivity index (χ2n) is 9.36. The van der Waals surface area contributed by atoms with Crippen LogP contribution in [0.25, 0.3) is 0 Å². The number of hydrogen-bond donors (Lipinski definition) is 2. The number of piperidine rings is 2. The predicted molar refractivity (Wildman–Crippen MR) is 137 cm³/mol. The molecular weight excluding hydrogens is 525 g/mol. The number of hydrogen-bond acceptors (Lipinski definition) is 5. The van der Waals surface area contributed by atoms with E-state index in [0.717, 1.165) is 57.7 Å². The van der Waals surface area contributed by atoms with Crippen LogP contribution in [0, 0.1) is 5.92 Å². The molecule has 2 rings (SSSR count). The van der Waals surface area contributed by atoms with Crippen LogP contribution in [-0.4, -0.2) is 86.0 Å². The second-order valence-corrected chi connectivity index (χ2v) is 9.36. The maximum atomic E-state index is 12.4. The first-order valence-electron chi connectivity index (χ1n) is 11.6. The Balaban J connectivity index is 0.00000512. The number of methoxy groups -OCH3 is 1. The second kappa shape index (κ2) is 13.9. The van der Waals surface area contributed by atoms with Crippen molar-refractivity contribution in [1.82, 2.24) is 20.4 Å². The number of ether oxygens (including phenoxy) is 2. The summed E-state index contributed by atoms with van der Waals surface area (Å²) in [5, 5.41) is 6.82. The molecule has 0 aliphatic carbocycles. The zero-order valence-electron chi connectivity index (χ0n) is 20.3. The molecule has 1 unspecified atom stereocenters. The summed E-state index contributed by atoms with van der Waals surface area (Å²) in [6.07, 6.45) is 4.33. The van der Waals surface area contributed by atoms with Gasteiger partial charge >= 0.3 is 12.2 Å². The summed E-state index contributed by atoms with van der Waals surface area (Å²) < 4.78 is 10.3. The van der Waals surface area contributed by atoms with Gasteiger partial charge in [0.1, 0.15) is 5.60 Å². The third-order valence-electron chi connectivity index (χ3n) is 5.59. The van der Waals surface area contributed by atoms with Gasteiger partial charge in [-0.05, 0) is 65.7 Å². The molecule has 2 saturated heterocycles. The topological polar surface area (TPSA) is 95.5 Å². The first kappa shape index (κ1) is 28.6. The molecular formula is C22H42IN5O4. The number of halogens is 1. The molecule has 0 aromatic carbocycles. The lowest BCUT2D eigenvalue weighted by atomic mass is 9.95. The van der Waals surface area contributed by atoms with Gasteiger partial charge in [-0.25, -0.2) is 9.59 Å². The molecule has 0 aromatic rings. The van der Waals surface area contributed by atoms with Crippen LogP contribution >= 0.6 is 24.0 Å². The fraction of sp³-hybridized carbons (Fsp3) is 0.864. The molecule has 2 N–H and O–H groups in total. The van der Waals surface area contributed by atoms with Crippen molar-refractivity contribution in [3.63, 3.8) is 0 Å². The Morgan fingerprint density at radius 3 is 2.34 bits per heavy atom. The van der Waals surface area contributed by atoms with Gasteiger partial charge < -0.3 is 29.9 Å². The lowest BCUT2D eigenvalue weighted by Gasteiger charge is -2.34. The van der Waals surface area contributed by atoms with Crippen molar-refractivity contribution in [2.75, 3.05) is 46.4 Å². The highest BCUT2D eigenvalue weighted by molar-refractivity contribution is 14.0. The van der Waals surface area contributed by atoms with E-state index >= 15 is 0 Å². The lowest BCUT2D eigenvalue weighted by Crippen LogP contribution is -2.49. The molecule has 0 bridgehead atoms. The Morgan fingerprint density at radius 1 is 1.06 bits per heavy atom. The highest BCUT2D eigenvalue weighted by atomic mass is 127. The lowest BCUT2D eigenvalue weighted by molar-refractivity contribution is 0.0163. The largest absolute Gasteiger partial charge is 0.453 e. The van der Waals surface area contributed by atoms with E-state index in [0.29, 0.717) is 25.6 Å². The molecule has 10 heteroatoms. The summed E-state index contributed by atoms with van der Waals surface area (Å²) >= 11 is 0. The highest BCUT2D eigenvalue weighted by Crippen LogP contribution is 2.21. The number of likely N-dealkylation sites (tertiary alicyclic amines) is 2. The van der Waals surface area contributed by atoms with Crippen molar-refractivity contribution >= 4 is 42.1 Å². The van der Waals surface area contributed by atoms with E-state index in [9.17, 15) is 9.59 Å². The Bertz CT molecular complexity index is 618. The summed E-state index contributed by atoms with van der Waals surface area (Å²) in [6.45, 7) is 12.1. The molecule has 1 atom stereocenters. The van der Waals surface area contributed by atoms with Gasteiger partial charge in [0, 0.05) is 45.3 Å². The molecule has 0 radical (unpaired) electrons. The van der Waals surface area contributed by atoms with Gasteiger partial charge in [-0.2, -0.15) is 0 Å². The number of aliphatic imine (C=N–C) groups is 1. The zero-order valence-corrected chi connectivity index (χ0v) is 22.6. The van der Waals surface area contributed by atoms with Gasteiger partial charge in [0.25, 0.3) is 0 Å². The van der Waals surface area contributed by atoms with Crippen LogP contribution in [0.5, 0.6) is 0 Å². The molecule has 2 aliphatic rings. The summed E-state index contributed by atoms with van der Waals surface area (Å²) in [5.74, 6) is 1.26. The standard InChI is InChI=1S/C22H41N5O4.HI/c1-6-23-19(25-18-10-14-26(15-11-18)20(28)30-5)24-12-9-17-8-7-13-27(16-17)21(29)31-22(2,3)4;/h17-18H,6-16H2,1-5H3,(H2,23,24,25);1H. The van der Waals surface area contributed by atoms with Crippen molar-refractivity contribution in [2.45, 2.75) is 71.4 Å². The van der Waals surface area contributed by atoms with Crippen LogP contribution < -0.4 is 10.6 Å². The van der Waals surface area contributed by atoms with Gasteiger partial charge in [0.15, 0.2) is 5.96 Å². The first-order valence-corrected chi connectivity index (χ1v) is 11.6. The summed E-state index contributed by atoms with van der Waals surface area (Å²) in [7, 11) is 1.42. The van der Waals surface area contributed by atoms with Crippen molar-refractivity contribution in [3.05, 3.63) is 0 Å². The highest BCUT2D eigenvalue weighted by Gasteiger charge is 2.27. The molecule has 186 valence electrons. The number of nitrogens with zero attached hydrogens (tertiary/aromatic N) is 3. The van der Waals surface area contributed by atoms with Gasteiger partial charge in [0.2, 0.25) is 0 Å². The molecule has 0 saturated carbocycles. The van der Waals surface area contributed by atoms with E-state index in [1.54, 1.807) is 4.90 Å². The van der Waals surface area contributed by atoms with Gasteiger partial charge in [0.05, 0.1) is 7.11 Å². The quantitative estimate of drug-likeness (QED) is 0.301. The number of nitrogens with one attached hydrogen (secondary N) is 2. The van der Waals surface area contributed by atoms with E-state index in [1.165, 1.54) is 7.11 Å². The molecule has 0 aromatic heterocycles. The fourth-order valence-electron chi connectivity index (χ4n) is 4.00. The van der Waals surface area contributed by atoms with Crippen LogP contribution in [0.3, 0.4) is 0 Å². The van der Waals surface area contributed by atoms with Crippen LogP contribution in [0.15, 0.2) is 4.99 Å². The van der Waals surface area contributed by atoms with E-state index in [4.69, 9.17) is 14.5 Å². The maximum Gasteiger partial charge on any atom is 0.410 e. The van der Waals surface area contributed by atoms with Crippen LogP contribution in [-0.2, 0) is 9.47 Å². The summed E-state index contributed by atoms with van der Waals surface area (Å²) in [5.41, 5.74) is -0.465. The SMILES string of the molecule is CCNC(=NCCC1CCCN(C(=O)OC(C)(C)C)C1)NC1CCN(C(=O)OC)CC1.I. The molecule has 0 spiro atoms. The van der Waals surface area contributed by atoms with E-state index in [2.05, 4.69) is 17.6 Å². The number of amides is 2. The minimum atomic E-state index is -0.465. The van der Waals surface area contributed by atoms with Crippen LogP contribution in [0.1, 0.15) is 59.8 Å². The Morgan fingerprint density at radius 2 is 1.75 bits per heavy atom. The zero-order chi connectivity index (χ0) is 22.9. The van der Waals surface area contributed by atoms with Crippen molar-refractivity contribution in [3.8, 4) is 0 Å². The maximum absolute atomic E-state index is 12.4. The normalized spacial score (nSPS) is 20.3. The molecule has 2 fully saturated rings. The van der Waals surface area contributed by atoms with Gasteiger partial charge in [-0.1, -0.05) is 0 Å². The van der Waals surface area contributed by atoms with Crippen molar-refractivity contribution in [2.24, 2.45) is 10.9 Å². The summed E-state index contributed by atoms with van der Waals surface area (Å²) in [4.78, 5) is 32.3. The Hall–Kier alpha value is -1.46. The third kappa shape index (κ3) is 9.99. The van der Waals surface area contributed by atoms with E-state index in [-0.39, 0.29) is 42.2 Å². The average molecular weight is 568 g/mol. The van der Waals surface area contributed by atoms with Crippen molar-refractivity contribution in [1.29, 1.82) is 0 Å². The van der Waals surface area contributed by atoms with E-state index < -0.39 is 5.60 Å². The van der Waals surface area contributed by atoms with Gasteiger partial charge in [-0.3, -0.25) is 4.99 Å². The Kier molecular flexibility index (Phi) is 12.5. The fourth-order valence-corrected chi connectivity index (χ4v) is 4.00. The summed E-state index contributed by atoms with van der Waals surface area (Å²) in [6, 6.07) is 0.288. The van der Waals surface area contributed by atoms with Crippen LogP contribution in [0.2, 0.25) is 0 Å². The van der Waals surface area contributed by atoms with Gasteiger partial charge in [-0.15, -0.1) is 24.0 Å². The molecule has 2 heterocycles. The third-order valence-corrected chi connectivity index (χ3v) is 5.59. The van der Waals surface area contributed by atoms with Crippen LogP contribution in [0.4, 0.5) is 9.59 Å².